The molecule has 1 saturated carbocycles. The highest BCUT2D eigenvalue weighted by Gasteiger charge is 2.42. The van der Waals surface area contributed by atoms with Crippen LogP contribution in [0.2, 0.25) is 0 Å². The first-order valence-corrected chi connectivity index (χ1v) is 20.1. The first kappa shape index (κ1) is 37.0. The lowest BCUT2D eigenvalue weighted by Crippen LogP contribution is -2.35. The summed E-state index contributed by atoms with van der Waals surface area (Å²) in [4.78, 5) is 54.2. The number of carbonyl (C=O) groups excluding carboxylic acids is 1. The summed E-state index contributed by atoms with van der Waals surface area (Å²) in [6, 6.07) is 15.4. The van der Waals surface area contributed by atoms with Crippen LogP contribution in [0.25, 0.3) is 11.0 Å². The molecule has 1 aliphatic carbocycles. The Morgan fingerprint density at radius 3 is 2.27 bits per heavy atom. The summed E-state index contributed by atoms with van der Waals surface area (Å²) < 4.78 is 2.34. The number of hydrogen-bond donors (Lipinski definition) is 2. The number of thiocarbonyl (C=S) groups is 1. The summed E-state index contributed by atoms with van der Waals surface area (Å²) in [5, 5.41) is 18.4. The molecular weight excluding hydrogens is 703 g/mol. The molecule has 1 saturated heterocycles. The van der Waals surface area contributed by atoms with Crippen LogP contribution in [0, 0.1) is 6.92 Å². The molecule has 1 aromatic heterocycles. The zero-order valence-electron chi connectivity index (χ0n) is 29.0. The number of carboxylic acid groups (broad SMARTS) is 2. The third kappa shape index (κ3) is 8.50. The van der Waals surface area contributed by atoms with Gasteiger partial charge in [0, 0.05) is 36.3 Å². The molecule has 2 atom stereocenters. The zero-order chi connectivity index (χ0) is 36.1. The van der Waals surface area contributed by atoms with Gasteiger partial charge in [0.2, 0.25) is 0 Å². The summed E-state index contributed by atoms with van der Waals surface area (Å²) >= 11 is 7.88. The molecule has 9 nitrogen and oxygen atoms in total. The van der Waals surface area contributed by atoms with Crippen molar-refractivity contribution in [3.8, 4) is 0 Å². The van der Waals surface area contributed by atoms with Crippen LogP contribution in [0.4, 0.5) is 11.4 Å². The molecule has 3 heterocycles. The number of aromatic nitrogens is 1. The van der Waals surface area contributed by atoms with Crippen LogP contribution in [0.1, 0.15) is 106 Å². The van der Waals surface area contributed by atoms with Crippen LogP contribution in [-0.4, -0.2) is 54.4 Å². The second-order valence-electron chi connectivity index (χ2n) is 13.8. The van der Waals surface area contributed by atoms with Gasteiger partial charge >= 0.3 is 11.9 Å². The number of nitrogens with zero attached hydrogens (tertiary/aromatic N) is 3. The van der Waals surface area contributed by atoms with Gasteiger partial charge in [-0.3, -0.25) is 28.6 Å². The SMILES string of the molecule is Cc1ccc(N2c3ccc(/C=c4\s/c(=C5/SC(=S)N(CCCCCCCCCCCC(=O)O)C5=O)n(CC(=O)O)c4=O)cc3C3CCCC32)cc1. The second-order valence-corrected chi connectivity index (χ2v) is 16.5. The standard InChI is InChI=1S/C39H45N3O6S3/c1-25-15-18-27(19-16-25)42-30-13-11-12-28(30)29-22-26(17-20-31(29)42)23-32-36(47)41(24-34(45)46)38(50-32)35-37(48)40(39(49)51-35)21-10-8-6-4-2-3-5-7-9-14-33(43)44/h15-20,22-23,28,30H,2-14,21,24H2,1H3,(H,43,44)(H,45,46)/b32-23-,38-35+. The van der Waals surface area contributed by atoms with Gasteiger partial charge in [0.1, 0.15) is 20.4 Å². The van der Waals surface area contributed by atoms with E-state index in [0.29, 0.717) is 36.9 Å². The topological polar surface area (TPSA) is 120 Å². The molecule has 6 rings (SSSR count). The van der Waals surface area contributed by atoms with E-state index in [0.717, 1.165) is 99.3 Å². The smallest absolute Gasteiger partial charge is 0.323 e. The van der Waals surface area contributed by atoms with Crippen LogP contribution in [0.15, 0.2) is 47.3 Å². The van der Waals surface area contributed by atoms with Gasteiger partial charge in [-0.25, -0.2) is 0 Å². The maximum atomic E-state index is 13.7. The van der Waals surface area contributed by atoms with Crippen LogP contribution >= 0.6 is 35.3 Å². The molecule has 2 N–H and O–H groups in total. The van der Waals surface area contributed by atoms with Crippen molar-refractivity contribution >= 4 is 79.8 Å². The fraction of sp³-hybridized carbons (Fsp3) is 0.462. The van der Waals surface area contributed by atoms with E-state index in [1.807, 2.05) is 12.1 Å². The van der Waals surface area contributed by atoms with Crippen molar-refractivity contribution in [2.45, 2.75) is 109 Å². The van der Waals surface area contributed by atoms with E-state index in [2.05, 4.69) is 48.2 Å². The molecule has 270 valence electrons. The summed E-state index contributed by atoms with van der Waals surface area (Å²) in [6.45, 7) is 2.03. The first-order valence-electron chi connectivity index (χ1n) is 18.0. The summed E-state index contributed by atoms with van der Waals surface area (Å²) in [5.74, 6) is -1.76. The van der Waals surface area contributed by atoms with Crippen LogP contribution in [-0.2, 0) is 20.9 Å². The Bertz CT molecular complexity index is 1990. The number of amides is 1. The van der Waals surface area contributed by atoms with Crippen LogP contribution < -0.4 is 19.7 Å². The lowest BCUT2D eigenvalue weighted by molar-refractivity contribution is -0.138. The highest BCUT2D eigenvalue weighted by molar-refractivity contribution is 8.30. The van der Waals surface area contributed by atoms with Crippen molar-refractivity contribution in [3.05, 3.63) is 78.7 Å². The molecular formula is C39H45N3O6S3. The number of hydrogen-bond acceptors (Lipinski definition) is 8. The Hall–Kier alpha value is -3.74. The molecule has 2 aliphatic heterocycles. The molecule has 0 bridgehead atoms. The largest absolute Gasteiger partial charge is 0.481 e. The number of aryl methyl sites for hydroxylation is 1. The fourth-order valence-corrected chi connectivity index (χ4v) is 10.2. The lowest BCUT2D eigenvalue weighted by atomic mass is 9.96. The number of rotatable bonds is 16. The predicted octanol–water partition coefficient (Wildman–Crippen LogP) is 6.87. The van der Waals surface area contributed by atoms with E-state index < -0.39 is 24.0 Å². The molecule has 2 fully saturated rings. The van der Waals surface area contributed by atoms with Gasteiger partial charge in [0.05, 0.1) is 4.53 Å². The number of thioether (sulfide) groups is 1. The third-order valence-corrected chi connectivity index (χ3v) is 12.8. The number of carboxylic acids is 2. The van der Waals surface area contributed by atoms with E-state index in [1.54, 1.807) is 4.90 Å². The molecule has 2 aromatic carbocycles. The Morgan fingerprint density at radius 2 is 1.59 bits per heavy atom. The average Bonchev–Trinajstić information content (AvgIpc) is 3.83. The lowest BCUT2D eigenvalue weighted by Gasteiger charge is -2.27. The number of fused-ring (bicyclic) bond motifs is 3. The monoisotopic (exact) mass is 747 g/mol. The molecule has 0 spiro atoms. The number of aliphatic carboxylic acids is 2. The van der Waals surface area contributed by atoms with Gasteiger partial charge in [-0.1, -0.05) is 99.1 Å². The molecule has 3 aromatic rings. The molecule has 1 amide bonds. The molecule has 0 radical (unpaired) electrons. The minimum absolute atomic E-state index is 0.239. The zero-order valence-corrected chi connectivity index (χ0v) is 31.4. The van der Waals surface area contributed by atoms with Gasteiger partial charge in [-0.05, 0) is 74.1 Å². The minimum atomic E-state index is -1.15. The minimum Gasteiger partial charge on any atom is -0.481 e. The normalized spacial score (nSPS) is 19.7. The van der Waals surface area contributed by atoms with E-state index in [1.165, 1.54) is 33.5 Å². The summed E-state index contributed by atoms with van der Waals surface area (Å²) in [5.41, 5.74) is 5.34. The van der Waals surface area contributed by atoms with Gasteiger partial charge < -0.3 is 15.1 Å². The fourth-order valence-electron chi connectivity index (χ4n) is 7.63. The van der Waals surface area contributed by atoms with Gasteiger partial charge in [0.25, 0.3) is 11.5 Å². The van der Waals surface area contributed by atoms with Crippen molar-refractivity contribution in [1.82, 2.24) is 9.47 Å². The van der Waals surface area contributed by atoms with E-state index >= 15 is 0 Å². The number of anilines is 2. The third-order valence-electron chi connectivity index (χ3n) is 10.1. The van der Waals surface area contributed by atoms with Crippen molar-refractivity contribution in [3.63, 3.8) is 0 Å². The molecule has 51 heavy (non-hydrogen) atoms. The summed E-state index contributed by atoms with van der Waals surface area (Å²) in [7, 11) is 0. The second kappa shape index (κ2) is 16.7. The molecule has 12 heteroatoms. The highest BCUT2D eigenvalue weighted by atomic mass is 32.2. The van der Waals surface area contributed by atoms with Crippen molar-refractivity contribution in [1.29, 1.82) is 0 Å². The maximum Gasteiger partial charge on any atom is 0.323 e. The van der Waals surface area contributed by atoms with E-state index in [-0.39, 0.29) is 12.3 Å². The van der Waals surface area contributed by atoms with Crippen molar-refractivity contribution in [2.24, 2.45) is 0 Å². The van der Waals surface area contributed by atoms with E-state index in [4.69, 9.17) is 17.3 Å². The Balaban J connectivity index is 1.17. The Kier molecular flexibility index (Phi) is 12.1. The van der Waals surface area contributed by atoms with Gasteiger partial charge in [-0.15, -0.1) is 11.3 Å². The van der Waals surface area contributed by atoms with Crippen LogP contribution in [0.5, 0.6) is 0 Å². The number of unbranched alkanes of at least 4 members (excludes halogenated alkanes) is 8. The van der Waals surface area contributed by atoms with Gasteiger partial charge in [-0.2, -0.15) is 0 Å². The maximum absolute atomic E-state index is 13.7. The predicted molar refractivity (Wildman–Crippen MR) is 208 cm³/mol. The van der Waals surface area contributed by atoms with E-state index in [9.17, 15) is 24.3 Å². The van der Waals surface area contributed by atoms with Crippen LogP contribution in [0.3, 0.4) is 0 Å². The Labute approximate surface area is 311 Å². The number of carbonyl (C=O) groups is 3. The summed E-state index contributed by atoms with van der Waals surface area (Å²) in [6.07, 6.45) is 14.3. The van der Waals surface area contributed by atoms with Crippen molar-refractivity contribution in [2.75, 3.05) is 11.4 Å². The highest BCUT2D eigenvalue weighted by Crippen LogP contribution is 2.52. The Morgan fingerprint density at radius 1 is 0.902 bits per heavy atom. The average molecular weight is 748 g/mol. The van der Waals surface area contributed by atoms with Crippen molar-refractivity contribution < 1.29 is 24.6 Å². The number of thiazole rings is 1. The van der Waals surface area contributed by atoms with Gasteiger partial charge in [0.15, 0.2) is 0 Å². The first-order chi connectivity index (χ1) is 24.6. The number of benzene rings is 2. The quantitative estimate of drug-likeness (QED) is 0.120. The molecule has 2 unspecified atom stereocenters. The molecule has 3 aliphatic rings.